The van der Waals surface area contributed by atoms with E-state index in [4.69, 9.17) is 0 Å². The predicted molar refractivity (Wildman–Crippen MR) is 89.6 cm³/mol. The summed E-state index contributed by atoms with van der Waals surface area (Å²) in [6.45, 7) is 1.84. The second kappa shape index (κ2) is 6.81. The van der Waals surface area contributed by atoms with Crippen molar-refractivity contribution >= 4 is 0 Å². The zero-order chi connectivity index (χ0) is 16.4. The molecule has 0 saturated carbocycles. The molecule has 124 valence electrons. The van der Waals surface area contributed by atoms with Crippen LogP contribution in [0.3, 0.4) is 0 Å². The molecule has 0 bridgehead atoms. The summed E-state index contributed by atoms with van der Waals surface area (Å²) in [5.41, 5.74) is 2.30. The van der Waals surface area contributed by atoms with Crippen LogP contribution in [0.5, 0.6) is 0 Å². The van der Waals surface area contributed by atoms with Crippen LogP contribution >= 0.6 is 0 Å². The molecule has 1 aliphatic rings. The monoisotopic (exact) mass is 316 g/mol. The minimum absolute atomic E-state index is 0.158. The number of rotatable bonds is 5. The molecule has 1 saturated heterocycles. The van der Waals surface area contributed by atoms with Gasteiger partial charge in [0, 0.05) is 38.4 Å². The molecule has 0 radical (unpaired) electrons. The van der Waals surface area contributed by atoms with Crippen molar-refractivity contribution in [2.45, 2.75) is 31.5 Å². The number of aromatic nitrogens is 2. The average molecular weight is 316 g/mol. The topological polar surface area (TPSA) is 24.3 Å². The largest absolute Gasteiger partial charge is 0.305 e. The molecule has 1 aromatic carbocycles. The summed E-state index contributed by atoms with van der Waals surface area (Å²) in [5, 5.41) is 4.28. The molecular formula is C18H25FN4. The quantitative estimate of drug-likeness (QED) is 0.846. The first-order valence-electron chi connectivity index (χ1n) is 8.15. The molecule has 2 aromatic rings. The Morgan fingerprint density at radius 1 is 1.30 bits per heavy atom. The Morgan fingerprint density at radius 3 is 2.78 bits per heavy atom. The third kappa shape index (κ3) is 3.79. The van der Waals surface area contributed by atoms with E-state index in [1.807, 2.05) is 24.0 Å². The molecule has 0 amide bonds. The van der Waals surface area contributed by atoms with Crippen LogP contribution in [0.1, 0.15) is 17.5 Å². The third-order valence-electron chi connectivity index (χ3n) is 4.77. The fourth-order valence-electron chi connectivity index (χ4n) is 3.65. The second-order valence-electron chi connectivity index (χ2n) is 6.71. The first-order chi connectivity index (χ1) is 11.0. The number of benzene rings is 1. The Bertz CT molecular complexity index is 652. The predicted octanol–water partition coefficient (Wildman–Crippen LogP) is 2.31. The van der Waals surface area contributed by atoms with E-state index in [2.05, 4.69) is 35.2 Å². The second-order valence-corrected chi connectivity index (χ2v) is 6.71. The number of halogens is 1. The molecule has 4 nitrogen and oxygen atoms in total. The van der Waals surface area contributed by atoms with E-state index in [1.54, 1.807) is 12.1 Å². The summed E-state index contributed by atoms with van der Waals surface area (Å²) in [6.07, 6.45) is 6.16. The molecule has 3 rings (SSSR count). The number of likely N-dealkylation sites (N-methyl/N-ethyl adjacent to an activating group) is 1. The minimum atomic E-state index is -0.158. The lowest BCUT2D eigenvalue weighted by Crippen LogP contribution is -2.43. The average Bonchev–Trinajstić information content (AvgIpc) is 3.07. The van der Waals surface area contributed by atoms with Crippen LogP contribution in [0.25, 0.3) is 0 Å². The highest BCUT2D eigenvalue weighted by Crippen LogP contribution is 2.26. The smallest absolute Gasteiger partial charge is 0.123 e. The SMILES string of the molecule is CN(C)[C@@H]1CCN(Cc2cccc(F)c2)[C@H]1Cc1cnn(C)c1. The van der Waals surface area contributed by atoms with Gasteiger partial charge in [-0.05, 0) is 50.2 Å². The Kier molecular flexibility index (Phi) is 4.78. The van der Waals surface area contributed by atoms with Crippen LogP contribution in [-0.2, 0) is 20.0 Å². The maximum Gasteiger partial charge on any atom is 0.123 e. The van der Waals surface area contributed by atoms with Crippen molar-refractivity contribution in [3.63, 3.8) is 0 Å². The van der Waals surface area contributed by atoms with Gasteiger partial charge in [-0.1, -0.05) is 12.1 Å². The molecule has 5 heteroatoms. The summed E-state index contributed by atoms with van der Waals surface area (Å²) in [4.78, 5) is 4.79. The van der Waals surface area contributed by atoms with Gasteiger partial charge >= 0.3 is 0 Å². The van der Waals surface area contributed by atoms with Crippen molar-refractivity contribution in [1.82, 2.24) is 19.6 Å². The van der Waals surface area contributed by atoms with Gasteiger partial charge in [-0.15, -0.1) is 0 Å². The molecule has 0 aliphatic carbocycles. The molecule has 1 aliphatic heterocycles. The maximum absolute atomic E-state index is 13.5. The van der Waals surface area contributed by atoms with Gasteiger partial charge < -0.3 is 4.90 Å². The van der Waals surface area contributed by atoms with Crippen LogP contribution in [0.4, 0.5) is 4.39 Å². The van der Waals surface area contributed by atoms with Crippen molar-refractivity contribution in [2.75, 3.05) is 20.6 Å². The summed E-state index contributed by atoms with van der Waals surface area (Å²) in [6, 6.07) is 7.89. The van der Waals surface area contributed by atoms with E-state index in [1.165, 1.54) is 11.6 Å². The summed E-state index contributed by atoms with van der Waals surface area (Å²) in [7, 11) is 6.24. The van der Waals surface area contributed by atoms with E-state index >= 15 is 0 Å². The Labute approximate surface area is 137 Å². The highest BCUT2D eigenvalue weighted by molar-refractivity contribution is 5.17. The van der Waals surface area contributed by atoms with Gasteiger partial charge in [-0.2, -0.15) is 5.10 Å². The number of nitrogens with zero attached hydrogens (tertiary/aromatic N) is 4. The van der Waals surface area contributed by atoms with Gasteiger partial charge in [0.05, 0.1) is 6.20 Å². The highest BCUT2D eigenvalue weighted by atomic mass is 19.1. The number of aryl methyl sites for hydroxylation is 1. The number of likely N-dealkylation sites (tertiary alicyclic amines) is 1. The molecule has 0 unspecified atom stereocenters. The molecular weight excluding hydrogens is 291 g/mol. The lowest BCUT2D eigenvalue weighted by Gasteiger charge is -2.31. The Balaban J connectivity index is 1.77. The zero-order valence-corrected chi connectivity index (χ0v) is 14.1. The zero-order valence-electron chi connectivity index (χ0n) is 14.1. The van der Waals surface area contributed by atoms with Gasteiger partial charge in [0.1, 0.15) is 5.82 Å². The molecule has 2 atom stereocenters. The van der Waals surface area contributed by atoms with Crippen LogP contribution in [0.15, 0.2) is 36.7 Å². The summed E-state index contributed by atoms with van der Waals surface area (Å²) < 4.78 is 15.3. The van der Waals surface area contributed by atoms with E-state index in [0.717, 1.165) is 31.5 Å². The van der Waals surface area contributed by atoms with Crippen molar-refractivity contribution in [1.29, 1.82) is 0 Å². The van der Waals surface area contributed by atoms with Gasteiger partial charge in [-0.25, -0.2) is 4.39 Å². The van der Waals surface area contributed by atoms with E-state index in [9.17, 15) is 4.39 Å². The van der Waals surface area contributed by atoms with Crippen LogP contribution in [0, 0.1) is 5.82 Å². The third-order valence-corrected chi connectivity index (χ3v) is 4.77. The van der Waals surface area contributed by atoms with Crippen molar-refractivity contribution < 1.29 is 4.39 Å². The number of hydrogen-bond acceptors (Lipinski definition) is 3. The standard InChI is InChI=1S/C18H25FN4/c1-21(2)17-7-8-23(13-14-5-4-6-16(19)9-14)18(17)10-15-11-20-22(3)12-15/h4-6,9,11-12,17-18H,7-8,10,13H2,1-3H3/t17-,18+/m1/s1. The molecule has 0 N–H and O–H groups in total. The number of hydrogen-bond donors (Lipinski definition) is 0. The molecule has 2 heterocycles. The van der Waals surface area contributed by atoms with Crippen LogP contribution in [0.2, 0.25) is 0 Å². The Morgan fingerprint density at radius 2 is 2.13 bits per heavy atom. The van der Waals surface area contributed by atoms with Crippen LogP contribution < -0.4 is 0 Å². The van der Waals surface area contributed by atoms with Crippen molar-refractivity contribution in [2.24, 2.45) is 7.05 Å². The van der Waals surface area contributed by atoms with Gasteiger partial charge in [-0.3, -0.25) is 9.58 Å². The fourth-order valence-corrected chi connectivity index (χ4v) is 3.65. The van der Waals surface area contributed by atoms with Crippen LogP contribution in [-0.4, -0.2) is 52.3 Å². The minimum Gasteiger partial charge on any atom is -0.305 e. The molecule has 0 spiro atoms. The molecule has 23 heavy (non-hydrogen) atoms. The highest BCUT2D eigenvalue weighted by Gasteiger charge is 2.35. The normalized spacial score (nSPS) is 22.1. The van der Waals surface area contributed by atoms with Crippen molar-refractivity contribution in [3.05, 3.63) is 53.6 Å². The van der Waals surface area contributed by atoms with E-state index < -0.39 is 0 Å². The Hall–Kier alpha value is -1.72. The van der Waals surface area contributed by atoms with Gasteiger partial charge in [0.15, 0.2) is 0 Å². The molecule has 1 aromatic heterocycles. The summed E-state index contributed by atoms with van der Waals surface area (Å²) >= 11 is 0. The lowest BCUT2D eigenvalue weighted by atomic mass is 10.0. The lowest BCUT2D eigenvalue weighted by molar-refractivity contribution is 0.178. The maximum atomic E-state index is 13.5. The summed E-state index contributed by atoms with van der Waals surface area (Å²) in [5.74, 6) is -0.158. The van der Waals surface area contributed by atoms with Gasteiger partial charge in [0.2, 0.25) is 0 Å². The van der Waals surface area contributed by atoms with E-state index in [-0.39, 0.29) is 5.82 Å². The van der Waals surface area contributed by atoms with Crippen molar-refractivity contribution in [3.8, 4) is 0 Å². The molecule has 1 fully saturated rings. The first kappa shape index (κ1) is 16.1. The van der Waals surface area contributed by atoms with Gasteiger partial charge in [0.25, 0.3) is 0 Å². The first-order valence-corrected chi connectivity index (χ1v) is 8.15. The fraction of sp³-hybridized carbons (Fsp3) is 0.500. The van der Waals surface area contributed by atoms with E-state index in [0.29, 0.717) is 12.1 Å².